The van der Waals surface area contributed by atoms with Crippen molar-refractivity contribution in [3.63, 3.8) is 0 Å². The van der Waals surface area contributed by atoms with Gasteiger partial charge in [0.1, 0.15) is 0 Å². The standard InChI is InChI=1S/C21H23Cl2NO5/c1-4-27-21(26)19(28-13(2)3)11-14-6-5-7-16(10-14)29-24-20(25)17-9-8-15(22)12-18(17)23/h5-10,12-13,19H,4,11H2,1-3H3,(H,24,25). The molecule has 1 unspecified atom stereocenters. The first-order chi connectivity index (χ1) is 13.8. The number of hydrogen-bond donors (Lipinski definition) is 1. The van der Waals surface area contributed by atoms with Gasteiger partial charge in [0.2, 0.25) is 0 Å². The molecule has 0 fully saturated rings. The van der Waals surface area contributed by atoms with E-state index in [0.29, 0.717) is 17.2 Å². The Bertz CT molecular complexity index is 857. The second-order valence-electron chi connectivity index (χ2n) is 6.43. The number of carbonyl (C=O) groups is 2. The molecule has 1 amide bonds. The first kappa shape index (κ1) is 23.0. The molecule has 0 spiro atoms. The lowest BCUT2D eigenvalue weighted by Gasteiger charge is -2.19. The Kier molecular flexibility index (Phi) is 8.76. The summed E-state index contributed by atoms with van der Waals surface area (Å²) in [6.07, 6.45) is -0.551. The van der Waals surface area contributed by atoms with Crippen molar-refractivity contribution in [1.82, 2.24) is 5.48 Å². The molecule has 2 aromatic rings. The van der Waals surface area contributed by atoms with Crippen LogP contribution in [0.25, 0.3) is 0 Å². The second kappa shape index (κ2) is 11.0. The smallest absolute Gasteiger partial charge is 0.335 e. The first-order valence-electron chi connectivity index (χ1n) is 9.13. The van der Waals surface area contributed by atoms with E-state index in [1.54, 1.807) is 31.2 Å². The lowest BCUT2D eigenvalue weighted by Crippen LogP contribution is -2.31. The fourth-order valence-electron chi connectivity index (χ4n) is 2.53. The Labute approximate surface area is 180 Å². The molecule has 1 N–H and O–H groups in total. The van der Waals surface area contributed by atoms with E-state index in [1.807, 2.05) is 19.9 Å². The molecule has 8 heteroatoms. The lowest BCUT2D eigenvalue weighted by atomic mass is 10.1. The molecule has 0 bridgehead atoms. The zero-order chi connectivity index (χ0) is 21.4. The van der Waals surface area contributed by atoms with E-state index in [2.05, 4.69) is 5.48 Å². The highest BCUT2D eigenvalue weighted by atomic mass is 35.5. The molecule has 156 valence electrons. The topological polar surface area (TPSA) is 73.9 Å². The molecule has 0 saturated heterocycles. The minimum absolute atomic E-state index is 0.132. The van der Waals surface area contributed by atoms with E-state index in [1.165, 1.54) is 12.1 Å². The molecular formula is C21H23Cl2NO5. The van der Waals surface area contributed by atoms with Crippen LogP contribution in [0.5, 0.6) is 5.75 Å². The van der Waals surface area contributed by atoms with E-state index in [0.717, 1.165) is 5.56 Å². The van der Waals surface area contributed by atoms with Gasteiger partial charge in [-0.25, -0.2) is 4.79 Å². The van der Waals surface area contributed by atoms with Crippen LogP contribution in [0.2, 0.25) is 10.0 Å². The van der Waals surface area contributed by atoms with Crippen molar-refractivity contribution in [2.45, 2.75) is 39.4 Å². The molecule has 0 radical (unpaired) electrons. The van der Waals surface area contributed by atoms with Gasteiger partial charge in [-0.05, 0) is 56.7 Å². The van der Waals surface area contributed by atoms with Crippen LogP contribution in [-0.4, -0.2) is 30.7 Å². The Balaban J connectivity index is 2.04. The van der Waals surface area contributed by atoms with Crippen molar-refractivity contribution in [1.29, 1.82) is 0 Å². The van der Waals surface area contributed by atoms with Crippen molar-refractivity contribution in [2.24, 2.45) is 0 Å². The number of hydrogen-bond acceptors (Lipinski definition) is 5. The third kappa shape index (κ3) is 7.24. The number of benzene rings is 2. The van der Waals surface area contributed by atoms with E-state index >= 15 is 0 Å². The van der Waals surface area contributed by atoms with E-state index in [-0.39, 0.29) is 23.3 Å². The van der Waals surface area contributed by atoms with Crippen LogP contribution in [0.4, 0.5) is 0 Å². The summed E-state index contributed by atoms with van der Waals surface area (Å²) < 4.78 is 10.8. The molecular weight excluding hydrogens is 417 g/mol. The number of hydroxylamine groups is 1. The second-order valence-corrected chi connectivity index (χ2v) is 7.28. The summed E-state index contributed by atoms with van der Waals surface area (Å²) >= 11 is 11.9. The predicted molar refractivity (Wildman–Crippen MR) is 111 cm³/mol. The Morgan fingerprint density at radius 2 is 1.86 bits per heavy atom. The fourth-order valence-corrected chi connectivity index (χ4v) is 3.03. The van der Waals surface area contributed by atoms with Crippen molar-refractivity contribution >= 4 is 35.1 Å². The van der Waals surface area contributed by atoms with Crippen molar-refractivity contribution < 1.29 is 23.9 Å². The van der Waals surface area contributed by atoms with Crippen LogP contribution in [0, 0.1) is 0 Å². The maximum absolute atomic E-state index is 12.3. The van der Waals surface area contributed by atoms with Crippen LogP contribution in [0.1, 0.15) is 36.7 Å². The van der Waals surface area contributed by atoms with Gasteiger partial charge in [0, 0.05) is 11.4 Å². The number of rotatable bonds is 9. The third-order valence-corrected chi connectivity index (χ3v) is 4.29. The molecule has 2 rings (SSSR count). The highest BCUT2D eigenvalue weighted by Gasteiger charge is 2.22. The summed E-state index contributed by atoms with van der Waals surface area (Å²) in [5.74, 6) is -0.532. The number of amides is 1. The maximum atomic E-state index is 12.3. The molecule has 0 aliphatic carbocycles. The van der Waals surface area contributed by atoms with Gasteiger partial charge in [-0.15, -0.1) is 0 Å². The normalized spacial score (nSPS) is 11.8. The lowest BCUT2D eigenvalue weighted by molar-refractivity contribution is -0.159. The van der Waals surface area contributed by atoms with Gasteiger partial charge in [0.25, 0.3) is 5.91 Å². The monoisotopic (exact) mass is 439 g/mol. The molecule has 0 aliphatic rings. The summed E-state index contributed by atoms with van der Waals surface area (Å²) in [5.41, 5.74) is 3.37. The summed E-state index contributed by atoms with van der Waals surface area (Å²) in [4.78, 5) is 29.8. The number of esters is 1. The Hall–Kier alpha value is -2.28. The zero-order valence-corrected chi connectivity index (χ0v) is 17.9. The molecule has 2 aromatic carbocycles. The largest absolute Gasteiger partial charge is 0.464 e. The quantitative estimate of drug-likeness (QED) is 0.455. The minimum Gasteiger partial charge on any atom is -0.464 e. The van der Waals surface area contributed by atoms with Gasteiger partial charge in [-0.3, -0.25) is 4.79 Å². The van der Waals surface area contributed by atoms with Gasteiger partial charge >= 0.3 is 5.97 Å². The summed E-state index contributed by atoms with van der Waals surface area (Å²) in [5, 5.41) is 0.649. The molecule has 0 saturated carbocycles. The van der Waals surface area contributed by atoms with Gasteiger partial charge in [0.15, 0.2) is 11.9 Å². The van der Waals surface area contributed by atoms with Gasteiger partial charge in [-0.2, -0.15) is 5.48 Å². The zero-order valence-electron chi connectivity index (χ0n) is 16.4. The van der Waals surface area contributed by atoms with Crippen LogP contribution in [0.15, 0.2) is 42.5 Å². The van der Waals surface area contributed by atoms with Gasteiger partial charge in [0.05, 0.1) is 23.3 Å². The summed E-state index contributed by atoms with van der Waals surface area (Å²) in [7, 11) is 0. The average Bonchev–Trinajstić information content (AvgIpc) is 2.66. The predicted octanol–water partition coefficient (Wildman–Crippen LogP) is 4.62. The van der Waals surface area contributed by atoms with Crippen molar-refractivity contribution in [3.05, 3.63) is 63.6 Å². The summed E-state index contributed by atoms with van der Waals surface area (Å²) in [6, 6.07) is 11.5. The fraction of sp³-hybridized carbons (Fsp3) is 0.333. The highest BCUT2D eigenvalue weighted by molar-refractivity contribution is 6.36. The van der Waals surface area contributed by atoms with Crippen molar-refractivity contribution in [3.8, 4) is 5.75 Å². The number of halogens is 2. The number of ether oxygens (including phenoxy) is 2. The minimum atomic E-state index is -0.729. The molecule has 29 heavy (non-hydrogen) atoms. The highest BCUT2D eigenvalue weighted by Crippen LogP contribution is 2.21. The molecule has 6 nitrogen and oxygen atoms in total. The van der Waals surface area contributed by atoms with E-state index < -0.39 is 18.0 Å². The van der Waals surface area contributed by atoms with E-state index in [9.17, 15) is 9.59 Å². The Morgan fingerprint density at radius 1 is 1.10 bits per heavy atom. The molecule has 0 aromatic heterocycles. The SMILES string of the molecule is CCOC(=O)C(Cc1cccc(ONC(=O)c2ccc(Cl)cc2Cl)c1)OC(C)C. The Morgan fingerprint density at radius 3 is 2.52 bits per heavy atom. The summed E-state index contributed by atoms with van der Waals surface area (Å²) in [6.45, 7) is 5.72. The average molecular weight is 440 g/mol. The molecule has 0 heterocycles. The molecule has 0 aliphatic heterocycles. The van der Waals surface area contributed by atoms with E-state index in [4.69, 9.17) is 37.5 Å². The van der Waals surface area contributed by atoms with Crippen LogP contribution >= 0.6 is 23.2 Å². The maximum Gasteiger partial charge on any atom is 0.335 e. The van der Waals surface area contributed by atoms with Crippen LogP contribution in [-0.2, 0) is 20.7 Å². The molecule has 1 atom stereocenters. The number of nitrogens with one attached hydrogen (secondary N) is 1. The van der Waals surface area contributed by atoms with Crippen LogP contribution < -0.4 is 10.3 Å². The van der Waals surface area contributed by atoms with Gasteiger partial charge < -0.3 is 14.3 Å². The third-order valence-electron chi connectivity index (χ3n) is 3.74. The number of carbonyl (C=O) groups excluding carboxylic acids is 2. The first-order valence-corrected chi connectivity index (χ1v) is 9.89. The van der Waals surface area contributed by atoms with Crippen LogP contribution in [0.3, 0.4) is 0 Å². The van der Waals surface area contributed by atoms with Gasteiger partial charge in [-0.1, -0.05) is 35.3 Å². The van der Waals surface area contributed by atoms with Crippen molar-refractivity contribution in [2.75, 3.05) is 6.61 Å².